The molecule has 0 spiro atoms. The van der Waals surface area contributed by atoms with E-state index in [2.05, 4.69) is 139 Å². The third kappa shape index (κ3) is 11.2. The van der Waals surface area contributed by atoms with E-state index < -0.39 is 0 Å². The Morgan fingerprint density at radius 1 is 0.554 bits per heavy atom. The van der Waals surface area contributed by atoms with E-state index in [0.717, 1.165) is 27.6 Å². The third-order valence-electron chi connectivity index (χ3n) is 9.61. The minimum Gasteiger partial charge on any atom is -1.00 e. The van der Waals surface area contributed by atoms with Gasteiger partial charge in [0.25, 0.3) is 0 Å². The van der Waals surface area contributed by atoms with Gasteiger partial charge in [-0.15, -0.1) is 28.8 Å². The first-order chi connectivity index (χ1) is 25.8. The molecule has 0 saturated heterocycles. The fraction of sp³-hybridized carbons (Fsp3) is 0.176. The largest absolute Gasteiger partial charge is 1.00 e. The van der Waals surface area contributed by atoms with Crippen LogP contribution in [0.2, 0.25) is 10.0 Å². The van der Waals surface area contributed by atoms with Gasteiger partial charge in [-0.2, -0.15) is 18.2 Å². The second kappa shape index (κ2) is 19.8. The van der Waals surface area contributed by atoms with E-state index in [1.807, 2.05) is 66.7 Å². The van der Waals surface area contributed by atoms with E-state index in [1.54, 1.807) is 0 Å². The molecule has 5 heteroatoms. The van der Waals surface area contributed by atoms with Crippen LogP contribution in [0.4, 0.5) is 0 Å². The fourth-order valence-electron chi connectivity index (χ4n) is 6.88. The van der Waals surface area contributed by atoms with Gasteiger partial charge < -0.3 is 24.8 Å². The number of hydrogen-bond donors (Lipinski definition) is 0. The van der Waals surface area contributed by atoms with E-state index >= 15 is 0 Å². The van der Waals surface area contributed by atoms with Crippen molar-refractivity contribution >= 4 is 26.4 Å². The molecule has 0 unspecified atom stereocenters. The second-order valence-corrected chi connectivity index (χ2v) is 17.9. The Morgan fingerprint density at radius 3 is 1.52 bits per heavy atom. The smallest absolute Gasteiger partial charge is 0.172 e. The van der Waals surface area contributed by atoms with E-state index in [-0.39, 0.29) is 35.6 Å². The van der Waals surface area contributed by atoms with Crippen molar-refractivity contribution in [2.45, 2.75) is 58.8 Å². The number of fused-ring (bicyclic) bond motifs is 3. The molecule has 56 heavy (non-hydrogen) atoms. The zero-order chi connectivity index (χ0) is 38.5. The molecule has 0 nitrogen and oxygen atoms in total. The molecule has 1 aliphatic carbocycles. The van der Waals surface area contributed by atoms with Gasteiger partial charge in [-0.05, 0) is 39.5 Å². The summed E-state index contributed by atoms with van der Waals surface area (Å²) in [5, 5.41) is 1.53. The normalized spacial score (nSPS) is 11.3. The minimum absolute atomic E-state index is 0. The van der Waals surface area contributed by atoms with Crippen LogP contribution in [0, 0.1) is 6.07 Å². The Bertz CT molecular complexity index is 2180. The van der Waals surface area contributed by atoms with E-state index in [9.17, 15) is 0 Å². The van der Waals surface area contributed by atoms with Gasteiger partial charge >= 0.3 is 120 Å². The first kappa shape index (κ1) is 45.3. The molecule has 7 aromatic rings. The molecule has 0 aromatic heterocycles. The summed E-state index contributed by atoms with van der Waals surface area (Å²) in [6.45, 7) is 13.9. The maximum Gasteiger partial charge on any atom is -0.172 e. The summed E-state index contributed by atoms with van der Waals surface area (Å²) in [5.41, 5.74) is 15.8. The molecule has 0 amide bonds. The summed E-state index contributed by atoms with van der Waals surface area (Å²) < 4.78 is 1.26. The first-order valence-electron chi connectivity index (χ1n) is 18.4. The zero-order valence-corrected chi connectivity index (χ0v) is 38.2. The second-order valence-electron chi connectivity index (χ2n) is 15.8. The van der Waals surface area contributed by atoms with Crippen molar-refractivity contribution in [3.63, 3.8) is 0 Å². The number of halogens is 4. The molecular weight excluding hydrogens is 846 g/mol. The van der Waals surface area contributed by atoms with Crippen molar-refractivity contribution in [3.8, 4) is 33.4 Å². The molecule has 0 bridgehead atoms. The molecule has 284 valence electrons. The number of hydrogen-bond acceptors (Lipinski definition) is 0. The van der Waals surface area contributed by atoms with Crippen molar-refractivity contribution < 1.29 is 49.0 Å². The van der Waals surface area contributed by atoms with Crippen molar-refractivity contribution in [2.24, 2.45) is 0 Å². The standard InChI is InChI=1S/C33H33.C13H8Cl2.C5H5.2ClH.Zr/c1-32(2,3)30-20-26-24(18-28(30)22-13-9-7-10-14-22)17-25-19-29(23-15-11-8-12-16-23)31(21-27(25)26)33(4,5)6;14-12-5-1-3-10(8-12)7-11-4-2-6-13(15)9-11;1-2-4-5-3-1;;;/h7-16,18,20-21H,17H2,1-6H3;1-6,8-9H;1-5H;2*1H;/q-1;;-1;;;+2/p-2. The van der Waals surface area contributed by atoms with E-state index in [0.29, 0.717) is 0 Å². The van der Waals surface area contributed by atoms with Crippen LogP contribution in [0.25, 0.3) is 33.4 Å². The average molecular weight is 892 g/mol. The van der Waals surface area contributed by atoms with Crippen LogP contribution in [0.3, 0.4) is 0 Å². The van der Waals surface area contributed by atoms with Crippen molar-refractivity contribution in [3.05, 3.63) is 207 Å². The molecule has 0 N–H and O–H groups in total. The zero-order valence-electron chi connectivity index (χ0n) is 32.7. The summed E-state index contributed by atoms with van der Waals surface area (Å²) in [6.07, 6.45) is 0.944. The first-order valence-corrected chi connectivity index (χ1v) is 20.4. The maximum atomic E-state index is 5.98. The summed E-state index contributed by atoms with van der Waals surface area (Å²) in [4.78, 5) is 0. The van der Waals surface area contributed by atoms with Crippen LogP contribution in [-0.4, -0.2) is 3.21 Å². The molecule has 0 radical (unpaired) electrons. The number of benzene rings is 6. The van der Waals surface area contributed by atoms with Crippen LogP contribution in [-0.2, 0) is 41.5 Å². The Hall–Kier alpha value is -3.42. The van der Waals surface area contributed by atoms with Gasteiger partial charge in [0.05, 0.1) is 0 Å². The summed E-state index contributed by atoms with van der Waals surface area (Å²) in [5.74, 6) is 0. The Labute approximate surface area is 371 Å². The van der Waals surface area contributed by atoms with E-state index in [4.69, 9.17) is 23.2 Å². The maximum absolute atomic E-state index is 5.98. The molecule has 0 saturated carbocycles. The Morgan fingerprint density at radius 2 is 1.05 bits per heavy atom. The van der Waals surface area contributed by atoms with Gasteiger partial charge in [-0.3, -0.25) is 0 Å². The predicted molar refractivity (Wildman–Crippen MR) is 230 cm³/mol. The summed E-state index contributed by atoms with van der Waals surface area (Å²) >= 11 is 13.3. The summed E-state index contributed by atoms with van der Waals surface area (Å²) in [6, 6.07) is 58.6. The summed E-state index contributed by atoms with van der Waals surface area (Å²) in [7, 11) is 0. The quantitative estimate of drug-likeness (QED) is 0.156. The van der Waals surface area contributed by atoms with Crippen LogP contribution in [0.15, 0.2) is 158 Å². The van der Waals surface area contributed by atoms with Crippen LogP contribution in [0.1, 0.15) is 74.9 Å². The molecule has 0 aliphatic heterocycles. The minimum atomic E-state index is 0. The van der Waals surface area contributed by atoms with Crippen molar-refractivity contribution in [1.29, 1.82) is 0 Å². The molecule has 1 aliphatic rings. The van der Waals surface area contributed by atoms with Crippen LogP contribution < -0.4 is 24.8 Å². The molecule has 0 heterocycles. The van der Waals surface area contributed by atoms with Crippen LogP contribution in [0.5, 0.6) is 0 Å². The van der Waals surface area contributed by atoms with Gasteiger partial charge in [-0.1, -0.05) is 131 Å². The van der Waals surface area contributed by atoms with Gasteiger partial charge in [0.1, 0.15) is 0 Å². The van der Waals surface area contributed by atoms with Crippen molar-refractivity contribution in [2.75, 3.05) is 0 Å². The topological polar surface area (TPSA) is 0 Å². The molecule has 0 fully saturated rings. The molecule has 8 rings (SSSR count). The monoisotopic (exact) mass is 888 g/mol. The predicted octanol–water partition coefficient (Wildman–Crippen LogP) is 8.51. The Kier molecular flexibility index (Phi) is 16.0. The van der Waals surface area contributed by atoms with Gasteiger partial charge in [-0.25, -0.2) is 12.1 Å². The van der Waals surface area contributed by atoms with Crippen LogP contribution >= 0.6 is 23.2 Å². The number of rotatable bonds is 4. The third-order valence-corrected chi connectivity index (χ3v) is 11.5. The fourth-order valence-corrected chi connectivity index (χ4v) is 8.02. The molecule has 0 atom stereocenters. The molecular formula is C51H46Cl4Zr-2. The van der Waals surface area contributed by atoms with Gasteiger partial charge in [0.15, 0.2) is 0 Å². The van der Waals surface area contributed by atoms with Gasteiger partial charge in [0, 0.05) is 0 Å². The molecule has 7 aromatic carbocycles. The SMILES string of the molecule is CC(C)(C)c1cc2c([c-]c1-c1ccccc1)Cc1cc(-c3ccccc3)c(C(C)(C)C)cc1-2.Clc1cccc([C](=[Zr+2])c2cccc(Cl)c2)c1.[Cl-].[Cl-].c1cc[cH-]c1. The Balaban J connectivity index is 0.000000252. The van der Waals surface area contributed by atoms with Gasteiger partial charge in [0.2, 0.25) is 0 Å². The van der Waals surface area contributed by atoms with Crippen molar-refractivity contribution in [1.82, 2.24) is 0 Å². The average Bonchev–Trinajstić information content (AvgIpc) is 3.86. The van der Waals surface area contributed by atoms with E-state index in [1.165, 1.54) is 83.1 Å².